The highest BCUT2D eigenvalue weighted by atomic mass is 35.5. The van der Waals surface area contributed by atoms with Gasteiger partial charge >= 0.3 is 0 Å². The van der Waals surface area contributed by atoms with E-state index in [2.05, 4.69) is 5.32 Å². The van der Waals surface area contributed by atoms with Crippen LogP contribution in [0.15, 0.2) is 0 Å². The average Bonchev–Trinajstić information content (AvgIpc) is 2.60. The standard InChI is InChI=1S/C13H25N3O2.ClH/c1-5-7-13(4,14)12(18)15-10-6-8-16(9(2)3)11(10)17;/h9-10H,5-8,14H2,1-4H3,(H,15,18);1H. The van der Waals surface area contributed by atoms with E-state index in [0.29, 0.717) is 19.4 Å². The number of nitrogens with zero attached hydrogens (tertiary/aromatic N) is 1. The molecule has 1 rings (SSSR count). The quantitative estimate of drug-likeness (QED) is 0.795. The SMILES string of the molecule is CCCC(C)(N)C(=O)NC1CCN(C(C)C)C1=O.Cl. The zero-order valence-corrected chi connectivity index (χ0v) is 13.0. The highest BCUT2D eigenvalue weighted by Crippen LogP contribution is 2.16. The summed E-state index contributed by atoms with van der Waals surface area (Å²) in [5, 5.41) is 2.78. The molecule has 112 valence electrons. The Morgan fingerprint density at radius 3 is 2.58 bits per heavy atom. The number of rotatable bonds is 5. The van der Waals surface area contributed by atoms with Crippen LogP contribution in [0.3, 0.4) is 0 Å². The predicted molar refractivity (Wildman–Crippen MR) is 78.1 cm³/mol. The number of halogens is 1. The van der Waals surface area contributed by atoms with Crippen LogP contribution in [0.5, 0.6) is 0 Å². The fraction of sp³-hybridized carbons (Fsp3) is 0.846. The van der Waals surface area contributed by atoms with E-state index in [0.717, 1.165) is 6.42 Å². The van der Waals surface area contributed by atoms with Gasteiger partial charge in [0.05, 0.1) is 5.54 Å². The molecule has 2 atom stereocenters. The highest BCUT2D eigenvalue weighted by Gasteiger charge is 2.37. The largest absolute Gasteiger partial charge is 0.343 e. The van der Waals surface area contributed by atoms with E-state index in [4.69, 9.17) is 5.73 Å². The predicted octanol–water partition coefficient (Wildman–Crippen LogP) is 1.05. The highest BCUT2D eigenvalue weighted by molar-refractivity contribution is 5.92. The Bertz CT molecular complexity index is 332. The summed E-state index contributed by atoms with van der Waals surface area (Å²) in [6, 6.07) is -0.223. The molecule has 0 aromatic carbocycles. The van der Waals surface area contributed by atoms with Gasteiger partial charge in [0, 0.05) is 12.6 Å². The van der Waals surface area contributed by atoms with Crippen molar-refractivity contribution < 1.29 is 9.59 Å². The number of likely N-dealkylation sites (tertiary alicyclic amines) is 1. The van der Waals surface area contributed by atoms with Crippen molar-refractivity contribution >= 4 is 24.2 Å². The van der Waals surface area contributed by atoms with Crippen LogP contribution in [-0.2, 0) is 9.59 Å². The number of carbonyl (C=O) groups excluding carboxylic acids is 2. The molecule has 6 heteroatoms. The number of nitrogens with one attached hydrogen (secondary N) is 1. The van der Waals surface area contributed by atoms with Gasteiger partial charge in [0.15, 0.2) is 0 Å². The maximum Gasteiger partial charge on any atom is 0.245 e. The summed E-state index contributed by atoms with van der Waals surface area (Å²) in [6.45, 7) is 8.36. The minimum Gasteiger partial charge on any atom is -0.343 e. The van der Waals surface area contributed by atoms with E-state index in [1.54, 1.807) is 11.8 Å². The Hall–Kier alpha value is -0.810. The second-order valence-corrected chi connectivity index (χ2v) is 5.61. The van der Waals surface area contributed by atoms with E-state index in [9.17, 15) is 9.59 Å². The lowest BCUT2D eigenvalue weighted by Crippen LogP contribution is -2.55. The third-order valence-electron chi connectivity index (χ3n) is 3.46. The van der Waals surface area contributed by atoms with Gasteiger partial charge in [0.1, 0.15) is 6.04 Å². The second kappa shape index (κ2) is 7.10. The molecule has 3 N–H and O–H groups in total. The summed E-state index contributed by atoms with van der Waals surface area (Å²) in [5.74, 6) is -0.223. The van der Waals surface area contributed by atoms with Crippen molar-refractivity contribution in [3.05, 3.63) is 0 Å². The molecule has 0 spiro atoms. The number of hydrogen-bond acceptors (Lipinski definition) is 3. The smallest absolute Gasteiger partial charge is 0.245 e. The molecule has 1 fully saturated rings. The number of hydrogen-bond donors (Lipinski definition) is 2. The molecule has 0 aromatic heterocycles. The molecule has 19 heavy (non-hydrogen) atoms. The maximum atomic E-state index is 12.0. The molecule has 2 unspecified atom stereocenters. The van der Waals surface area contributed by atoms with E-state index in [1.165, 1.54) is 0 Å². The molecular weight excluding hydrogens is 266 g/mol. The zero-order chi connectivity index (χ0) is 13.9. The molecule has 2 amide bonds. The topological polar surface area (TPSA) is 75.4 Å². The average molecular weight is 292 g/mol. The van der Waals surface area contributed by atoms with Gasteiger partial charge in [-0.25, -0.2) is 0 Å². The molecular formula is C13H26ClN3O2. The van der Waals surface area contributed by atoms with Crippen molar-refractivity contribution in [1.29, 1.82) is 0 Å². The molecule has 1 saturated heterocycles. The van der Waals surface area contributed by atoms with Crippen molar-refractivity contribution in [2.24, 2.45) is 5.73 Å². The summed E-state index contributed by atoms with van der Waals surface area (Å²) in [4.78, 5) is 25.9. The Labute approximate surface area is 121 Å². The lowest BCUT2D eigenvalue weighted by atomic mass is 9.96. The minimum absolute atomic E-state index is 0. The molecule has 0 saturated carbocycles. The van der Waals surface area contributed by atoms with Crippen LogP contribution >= 0.6 is 12.4 Å². The molecule has 1 heterocycles. The van der Waals surface area contributed by atoms with Gasteiger partial charge < -0.3 is 16.0 Å². The van der Waals surface area contributed by atoms with Gasteiger partial charge in [-0.15, -0.1) is 12.4 Å². The number of amides is 2. The fourth-order valence-corrected chi connectivity index (χ4v) is 2.30. The fourth-order valence-electron chi connectivity index (χ4n) is 2.30. The lowest BCUT2D eigenvalue weighted by Gasteiger charge is -2.25. The summed E-state index contributed by atoms with van der Waals surface area (Å²) >= 11 is 0. The number of carbonyl (C=O) groups is 2. The van der Waals surface area contributed by atoms with E-state index >= 15 is 0 Å². The summed E-state index contributed by atoms with van der Waals surface area (Å²) < 4.78 is 0. The minimum atomic E-state index is -0.889. The van der Waals surface area contributed by atoms with Gasteiger partial charge in [-0.3, -0.25) is 9.59 Å². The Morgan fingerprint density at radius 1 is 1.58 bits per heavy atom. The molecule has 1 aliphatic rings. The summed E-state index contributed by atoms with van der Waals surface area (Å²) in [6.07, 6.45) is 2.13. The first-order valence-electron chi connectivity index (χ1n) is 6.70. The van der Waals surface area contributed by atoms with Crippen molar-refractivity contribution in [2.45, 2.75) is 64.6 Å². The van der Waals surface area contributed by atoms with Crippen molar-refractivity contribution in [2.75, 3.05) is 6.54 Å². The third kappa shape index (κ3) is 4.35. The first kappa shape index (κ1) is 18.2. The zero-order valence-electron chi connectivity index (χ0n) is 12.2. The monoisotopic (exact) mass is 291 g/mol. The molecule has 0 bridgehead atoms. The van der Waals surface area contributed by atoms with E-state index in [1.807, 2.05) is 20.8 Å². The van der Waals surface area contributed by atoms with Gasteiger partial charge in [-0.1, -0.05) is 13.3 Å². The number of nitrogens with two attached hydrogens (primary N) is 1. The van der Waals surface area contributed by atoms with E-state index < -0.39 is 11.6 Å². The first-order valence-corrected chi connectivity index (χ1v) is 6.70. The van der Waals surface area contributed by atoms with Crippen LogP contribution in [0, 0.1) is 0 Å². The van der Waals surface area contributed by atoms with Crippen LogP contribution in [0.25, 0.3) is 0 Å². The van der Waals surface area contributed by atoms with Crippen molar-refractivity contribution in [3.8, 4) is 0 Å². The molecule has 5 nitrogen and oxygen atoms in total. The third-order valence-corrected chi connectivity index (χ3v) is 3.46. The van der Waals surface area contributed by atoms with Gasteiger partial charge in [0.2, 0.25) is 11.8 Å². The lowest BCUT2D eigenvalue weighted by molar-refractivity contribution is -0.135. The Kier molecular flexibility index (Phi) is 6.80. The second-order valence-electron chi connectivity index (χ2n) is 5.61. The molecule has 0 aliphatic carbocycles. The van der Waals surface area contributed by atoms with Crippen LogP contribution in [-0.4, -0.2) is 40.9 Å². The van der Waals surface area contributed by atoms with Gasteiger partial charge in [-0.2, -0.15) is 0 Å². The molecule has 0 aromatic rings. The Morgan fingerprint density at radius 2 is 2.16 bits per heavy atom. The van der Waals surface area contributed by atoms with Crippen molar-refractivity contribution in [1.82, 2.24) is 10.2 Å². The van der Waals surface area contributed by atoms with Crippen LogP contribution in [0.2, 0.25) is 0 Å². The first-order chi connectivity index (χ1) is 8.29. The normalized spacial score (nSPS) is 22.1. The van der Waals surface area contributed by atoms with Crippen LogP contribution < -0.4 is 11.1 Å². The van der Waals surface area contributed by atoms with Crippen molar-refractivity contribution in [3.63, 3.8) is 0 Å². The van der Waals surface area contributed by atoms with E-state index in [-0.39, 0.29) is 30.3 Å². The summed E-state index contributed by atoms with van der Waals surface area (Å²) in [7, 11) is 0. The summed E-state index contributed by atoms with van der Waals surface area (Å²) in [5.41, 5.74) is 5.06. The van der Waals surface area contributed by atoms with Gasteiger partial charge in [0.25, 0.3) is 0 Å². The Balaban J connectivity index is 0.00000324. The van der Waals surface area contributed by atoms with Crippen LogP contribution in [0.1, 0.15) is 47.0 Å². The maximum absolute atomic E-state index is 12.0. The van der Waals surface area contributed by atoms with Gasteiger partial charge in [-0.05, 0) is 33.6 Å². The molecule has 0 radical (unpaired) electrons. The molecule has 1 aliphatic heterocycles. The van der Waals surface area contributed by atoms with Crippen LogP contribution in [0.4, 0.5) is 0 Å².